The van der Waals surface area contributed by atoms with Gasteiger partial charge in [-0.1, -0.05) is 36.6 Å². The summed E-state index contributed by atoms with van der Waals surface area (Å²) in [6.45, 7) is 4.22. The van der Waals surface area contributed by atoms with Crippen LogP contribution in [0.4, 0.5) is 6.01 Å². The SMILES string of the molecule is CC(C)Sc1cccc(-c2nnc(NC(=O)CCCS(=O)(=O)c3ccc(Cl)cc3)o2)c1. The molecule has 31 heavy (non-hydrogen) atoms. The van der Waals surface area contributed by atoms with E-state index in [-0.39, 0.29) is 29.5 Å². The number of nitrogens with one attached hydrogen (secondary N) is 1. The van der Waals surface area contributed by atoms with Crippen molar-refractivity contribution in [3.8, 4) is 11.5 Å². The van der Waals surface area contributed by atoms with Crippen LogP contribution in [0.1, 0.15) is 26.7 Å². The molecule has 0 fully saturated rings. The molecule has 1 aromatic heterocycles. The van der Waals surface area contributed by atoms with Gasteiger partial charge >= 0.3 is 6.01 Å². The van der Waals surface area contributed by atoms with Gasteiger partial charge in [-0.2, -0.15) is 0 Å². The fraction of sp³-hybridized carbons (Fsp3) is 0.286. The largest absolute Gasteiger partial charge is 0.403 e. The van der Waals surface area contributed by atoms with Gasteiger partial charge in [0.25, 0.3) is 0 Å². The number of hydrogen-bond acceptors (Lipinski definition) is 7. The Morgan fingerprint density at radius 1 is 1.16 bits per heavy atom. The number of nitrogens with zero attached hydrogens (tertiary/aromatic N) is 2. The van der Waals surface area contributed by atoms with Gasteiger partial charge in [0.1, 0.15) is 0 Å². The predicted octanol–water partition coefficient (Wildman–Crippen LogP) is 5.08. The summed E-state index contributed by atoms with van der Waals surface area (Å²) in [6, 6.07) is 13.6. The van der Waals surface area contributed by atoms with Gasteiger partial charge < -0.3 is 4.42 Å². The molecule has 0 unspecified atom stereocenters. The van der Waals surface area contributed by atoms with Gasteiger partial charge in [0.2, 0.25) is 11.8 Å². The molecular weight excluding hydrogens is 458 g/mol. The van der Waals surface area contributed by atoms with Crippen molar-refractivity contribution in [3.63, 3.8) is 0 Å². The average Bonchev–Trinajstić information content (AvgIpc) is 3.16. The first-order valence-corrected chi connectivity index (χ1v) is 12.5. The lowest BCUT2D eigenvalue weighted by Crippen LogP contribution is -2.14. The van der Waals surface area contributed by atoms with Crippen LogP contribution in [0, 0.1) is 0 Å². The monoisotopic (exact) mass is 479 g/mol. The van der Waals surface area contributed by atoms with Gasteiger partial charge in [0.15, 0.2) is 9.84 Å². The highest BCUT2D eigenvalue weighted by Gasteiger charge is 2.16. The van der Waals surface area contributed by atoms with Crippen LogP contribution in [0.5, 0.6) is 0 Å². The van der Waals surface area contributed by atoms with Crippen LogP contribution in [0.3, 0.4) is 0 Å². The van der Waals surface area contributed by atoms with E-state index >= 15 is 0 Å². The zero-order valence-corrected chi connectivity index (χ0v) is 19.4. The number of amides is 1. The van der Waals surface area contributed by atoms with Crippen LogP contribution in [0.15, 0.2) is 62.7 Å². The van der Waals surface area contributed by atoms with Gasteiger partial charge in [-0.15, -0.1) is 16.9 Å². The van der Waals surface area contributed by atoms with Crippen molar-refractivity contribution in [1.82, 2.24) is 10.2 Å². The Labute approximate surface area is 190 Å². The van der Waals surface area contributed by atoms with Gasteiger partial charge in [-0.05, 0) is 48.9 Å². The van der Waals surface area contributed by atoms with Crippen LogP contribution in [0.25, 0.3) is 11.5 Å². The van der Waals surface area contributed by atoms with E-state index in [2.05, 4.69) is 29.4 Å². The molecule has 1 amide bonds. The summed E-state index contributed by atoms with van der Waals surface area (Å²) >= 11 is 7.50. The zero-order valence-electron chi connectivity index (χ0n) is 17.0. The Morgan fingerprint density at radius 3 is 2.61 bits per heavy atom. The number of thioether (sulfide) groups is 1. The quantitative estimate of drug-likeness (QED) is 0.426. The van der Waals surface area contributed by atoms with Crippen LogP contribution in [0.2, 0.25) is 5.02 Å². The van der Waals surface area contributed by atoms with E-state index in [9.17, 15) is 13.2 Å². The van der Waals surface area contributed by atoms with Crippen molar-refractivity contribution in [2.45, 2.75) is 41.7 Å². The maximum absolute atomic E-state index is 12.3. The minimum atomic E-state index is -3.48. The first kappa shape index (κ1) is 23.3. The highest BCUT2D eigenvalue weighted by Crippen LogP contribution is 2.28. The smallest absolute Gasteiger partial charge is 0.322 e. The van der Waals surface area contributed by atoms with Crippen molar-refractivity contribution < 1.29 is 17.6 Å². The normalized spacial score (nSPS) is 11.6. The van der Waals surface area contributed by atoms with Crippen LogP contribution in [-0.2, 0) is 14.6 Å². The van der Waals surface area contributed by atoms with Crippen LogP contribution < -0.4 is 5.32 Å². The summed E-state index contributed by atoms with van der Waals surface area (Å²) in [5.41, 5.74) is 0.757. The van der Waals surface area contributed by atoms with Crippen LogP contribution >= 0.6 is 23.4 Å². The van der Waals surface area contributed by atoms with Gasteiger partial charge in [-0.25, -0.2) is 8.42 Å². The molecule has 0 bridgehead atoms. The molecule has 0 aliphatic carbocycles. The van der Waals surface area contributed by atoms with Crippen molar-refractivity contribution in [1.29, 1.82) is 0 Å². The second-order valence-electron chi connectivity index (χ2n) is 7.03. The third-order valence-corrected chi connectivity index (χ3v) is 7.18. The summed E-state index contributed by atoms with van der Waals surface area (Å²) in [7, 11) is -3.48. The Bertz CT molecular complexity index is 1150. The molecule has 0 radical (unpaired) electrons. The summed E-state index contributed by atoms with van der Waals surface area (Å²) in [5.74, 6) is -0.255. The summed E-state index contributed by atoms with van der Waals surface area (Å²) in [5, 5.41) is 11.2. The molecule has 3 rings (SSSR count). The molecule has 0 aliphatic rings. The van der Waals surface area contributed by atoms with Crippen molar-refractivity contribution >= 4 is 45.1 Å². The Hall–Kier alpha value is -2.36. The Balaban J connectivity index is 1.54. The number of rotatable bonds is 9. The minimum Gasteiger partial charge on any atom is -0.403 e. The Kier molecular flexibility index (Phi) is 7.74. The second-order valence-corrected chi connectivity index (χ2v) is 11.2. The fourth-order valence-corrected chi connectivity index (χ4v) is 5.06. The number of anilines is 1. The van der Waals surface area contributed by atoms with E-state index < -0.39 is 15.7 Å². The number of hydrogen-bond donors (Lipinski definition) is 1. The van der Waals surface area contributed by atoms with Gasteiger partial charge in [0.05, 0.1) is 10.6 Å². The molecule has 7 nitrogen and oxygen atoms in total. The molecule has 0 saturated carbocycles. The summed E-state index contributed by atoms with van der Waals surface area (Å²) in [4.78, 5) is 13.4. The van der Waals surface area contributed by atoms with E-state index in [1.807, 2.05) is 24.3 Å². The third kappa shape index (κ3) is 6.81. The van der Waals surface area contributed by atoms with Crippen LogP contribution in [-0.4, -0.2) is 35.5 Å². The van der Waals surface area contributed by atoms with E-state index in [4.69, 9.17) is 16.0 Å². The first-order chi connectivity index (χ1) is 14.7. The molecule has 1 N–H and O–H groups in total. The summed E-state index contributed by atoms with van der Waals surface area (Å²) < 4.78 is 30.2. The molecule has 0 aliphatic heterocycles. The lowest BCUT2D eigenvalue weighted by Gasteiger charge is -2.05. The Morgan fingerprint density at radius 2 is 1.90 bits per heavy atom. The number of sulfone groups is 1. The lowest BCUT2D eigenvalue weighted by atomic mass is 10.2. The molecule has 3 aromatic rings. The minimum absolute atomic E-state index is 0.00501. The molecule has 10 heteroatoms. The maximum Gasteiger partial charge on any atom is 0.322 e. The highest BCUT2D eigenvalue weighted by molar-refractivity contribution is 7.99. The molecule has 1 heterocycles. The first-order valence-electron chi connectivity index (χ1n) is 9.62. The van der Waals surface area contributed by atoms with E-state index in [1.54, 1.807) is 11.8 Å². The lowest BCUT2D eigenvalue weighted by molar-refractivity contribution is -0.116. The number of aromatic nitrogens is 2. The average molecular weight is 480 g/mol. The second kappa shape index (κ2) is 10.3. The van der Waals surface area contributed by atoms with E-state index in [1.165, 1.54) is 24.3 Å². The van der Waals surface area contributed by atoms with Gasteiger partial charge in [-0.3, -0.25) is 10.1 Å². The standard InChI is InChI=1S/C21H22ClN3O4S2/c1-14(2)30-17-6-3-5-15(13-17)20-24-25-21(29-20)23-19(26)7-4-12-31(27,28)18-10-8-16(22)9-11-18/h3,5-6,8-11,13-14H,4,7,12H2,1-2H3,(H,23,25,26). The summed E-state index contributed by atoms with van der Waals surface area (Å²) in [6.07, 6.45) is 0.164. The molecule has 0 saturated heterocycles. The fourth-order valence-electron chi connectivity index (χ4n) is 2.73. The molecule has 0 atom stereocenters. The maximum atomic E-state index is 12.3. The molecule has 0 spiro atoms. The number of benzene rings is 2. The van der Waals surface area contributed by atoms with Crippen molar-refractivity contribution in [2.75, 3.05) is 11.1 Å². The topological polar surface area (TPSA) is 102 Å². The number of halogens is 1. The number of carbonyl (C=O) groups is 1. The highest BCUT2D eigenvalue weighted by atomic mass is 35.5. The van der Waals surface area contributed by atoms with Crippen molar-refractivity contribution in [2.24, 2.45) is 0 Å². The van der Waals surface area contributed by atoms with E-state index in [0.29, 0.717) is 16.2 Å². The molecule has 164 valence electrons. The third-order valence-electron chi connectivity index (χ3n) is 4.11. The molecule has 2 aromatic carbocycles. The number of carbonyl (C=O) groups excluding carboxylic acids is 1. The predicted molar refractivity (Wildman–Crippen MR) is 122 cm³/mol. The van der Waals surface area contributed by atoms with Crippen molar-refractivity contribution in [3.05, 3.63) is 53.6 Å². The van der Waals surface area contributed by atoms with Gasteiger partial charge in [0, 0.05) is 27.2 Å². The zero-order chi connectivity index (χ0) is 22.4. The molecular formula is C21H22ClN3O4S2. The van der Waals surface area contributed by atoms with E-state index in [0.717, 1.165) is 10.5 Å².